The monoisotopic (exact) mass is 283 g/mol. The van der Waals surface area contributed by atoms with Gasteiger partial charge in [0.05, 0.1) is 0 Å². The molecule has 0 fully saturated rings. The maximum atomic E-state index is 11.4. The van der Waals surface area contributed by atoms with Gasteiger partial charge in [-0.1, -0.05) is 54.6 Å². The van der Waals surface area contributed by atoms with Crippen LogP contribution in [0.3, 0.4) is 0 Å². The fourth-order valence-electron chi connectivity index (χ4n) is 1.78. The van der Waals surface area contributed by atoms with Gasteiger partial charge in [-0.3, -0.25) is 0 Å². The van der Waals surface area contributed by atoms with Crippen LogP contribution in [0.5, 0.6) is 0 Å². The molecule has 0 aliphatic heterocycles. The van der Waals surface area contributed by atoms with Crippen LogP contribution in [0.25, 0.3) is 17.2 Å². The number of benzene rings is 2. The Morgan fingerprint density at radius 2 is 1.55 bits per heavy atom. The van der Waals surface area contributed by atoms with Crippen molar-refractivity contribution in [1.29, 1.82) is 5.26 Å². The molecule has 100 valence electrons. The zero-order valence-electron chi connectivity index (χ0n) is 10.9. The van der Waals surface area contributed by atoms with Crippen molar-refractivity contribution in [2.24, 2.45) is 0 Å². The van der Waals surface area contributed by atoms with Gasteiger partial charge in [-0.05, 0) is 22.8 Å². The minimum atomic E-state index is -3.48. The van der Waals surface area contributed by atoms with Crippen LogP contribution in [0.2, 0.25) is 0 Å². The molecule has 0 N–H and O–H groups in total. The smallest absolute Gasteiger partial charge is 0.185 e. The van der Waals surface area contributed by atoms with Crippen LogP contribution in [-0.2, 0) is 9.84 Å². The molecule has 20 heavy (non-hydrogen) atoms. The highest BCUT2D eigenvalue weighted by Gasteiger charge is 2.10. The molecule has 0 saturated heterocycles. The van der Waals surface area contributed by atoms with Crippen LogP contribution >= 0.6 is 0 Å². The van der Waals surface area contributed by atoms with E-state index in [1.165, 1.54) is 6.08 Å². The van der Waals surface area contributed by atoms with E-state index in [1.807, 2.05) is 42.5 Å². The number of nitriles is 1. The topological polar surface area (TPSA) is 57.9 Å². The quantitative estimate of drug-likeness (QED) is 0.812. The van der Waals surface area contributed by atoms with Gasteiger partial charge in [0.15, 0.2) is 9.84 Å². The van der Waals surface area contributed by atoms with Crippen molar-refractivity contribution in [3.05, 3.63) is 65.1 Å². The summed E-state index contributed by atoms with van der Waals surface area (Å²) in [6.45, 7) is 0. The summed E-state index contributed by atoms with van der Waals surface area (Å²) in [6, 6.07) is 19.0. The first kappa shape index (κ1) is 14.0. The van der Waals surface area contributed by atoms with Gasteiger partial charge in [0, 0.05) is 6.26 Å². The summed E-state index contributed by atoms with van der Waals surface area (Å²) >= 11 is 0. The molecule has 0 heterocycles. The highest BCUT2D eigenvalue weighted by atomic mass is 32.2. The first-order valence-corrected chi connectivity index (χ1v) is 7.87. The zero-order valence-corrected chi connectivity index (χ0v) is 11.8. The molecule has 2 rings (SSSR count). The van der Waals surface area contributed by atoms with E-state index < -0.39 is 9.84 Å². The van der Waals surface area contributed by atoms with Crippen LogP contribution in [0.1, 0.15) is 5.56 Å². The molecule has 0 radical (unpaired) electrons. The van der Waals surface area contributed by atoms with Gasteiger partial charge in [0.25, 0.3) is 0 Å². The molecule has 0 aromatic heterocycles. The highest BCUT2D eigenvalue weighted by Crippen LogP contribution is 2.20. The minimum absolute atomic E-state index is 0.232. The van der Waals surface area contributed by atoms with Crippen molar-refractivity contribution in [2.45, 2.75) is 0 Å². The van der Waals surface area contributed by atoms with Gasteiger partial charge >= 0.3 is 0 Å². The van der Waals surface area contributed by atoms with E-state index in [4.69, 9.17) is 5.26 Å². The Hall–Kier alpha value is -2.38. The number of sulfone groups is 1. The Kier molecular flexibility index (Phi) is 4.02. The zero-order chi connectivity index (χ0) is 14.6. The van der Waals surface area contributed by atoms with E-state index in [-0.39, 0.29) is 4.91 Å². The van der Waals surface area contributed by atoms with Crippen molar-refractivity contribution < 1.29 is 8.42 Å². The van der Waals surface area contributed by atoms with E-state index in [0.717, 1.165) is 17.4 Å². The highest BCUT2D eigenvalue weighted by molar-refractivity contribution is 7.95. The number of allylic oxidation sites excluding steroid dienone is 1. The van der Waals surface area contributed by atoms with Crippen molar-refractivity contribution in [3.8, 4) is 17.2 Å². The molecule has 0 atom stereocenters. The lowest BCUT2D eigenvalue weighted by atomic mass is 10.0. The maximum Gasteiger partial charge on any atom is 0.185 e. The SMILES string of the molecule is CS(=O)(=O)/C(C#N)=C\c1ccc(-c2ccccc2)cc1. The second kappa shape index (κ2) is 5.72. The molecular weight excluding hydrogens is 270 g/mol. The Bertz CT molecular complexity index is 767. The molecule has 0 aliphatic rings. The van der Waals surface area contributed by atoms with Crippen LogP contribution in [0.15, 0.2) is 59.5 Å². The van der Waals surface area contributed by atoms with Gasteiger partial charge in [0.1, 0.15) is 11.0 Å². The van der Waals surface area contributed by atoms with Gasteiger partial charge in [-0.2, -0.15) is 5.26 Å². The third-order valence-electron chi connectivity index (χ3n) is 2.83. The largest absolute Gasteiger partial charge is 0.223 e. The molecule has 4 heteroatoms. The summed E-state index contributed by atoms with van der Waals surface area (Å²) in [4.78, 5) is -0.232. The van der Waals surface area contributed by atoms with Gasteiger partial charge in [0.2, 0.25) is 0 Å². The third-order valence-corrected chi connectivity index (χ3v) is 3.83. The Balaban J connectivity index is 2.35. The van der Waals surface area contributed by atoms with Crippen LogP contribution < -0.4 is 0 Å². The lowest BCUT2D eigenvalue weighted by molar-refractivity contribution is 0.609. The van der Waals surface area contributed by atoms with Crippen LogP contribution in [0.4, 0.5) is 0 Å². The second-order valence-electron chi connectivity index (χ2n) is 4.38. The van der Waals surface area contributed by atoms with Crippen LogP contribution in [0, 0.1) is 11.3 Å². The Morgan fingerprint density at radius 3 is 2.05 bits per heavy atom. The Morgan fingerprint density at radius 1 is 1.00 bits per heavy atom. The van der Waals surface area contributed by atoms with Crippen molar-refractivity contribution in [1.82, 2.24) is 0 Å². The molecular formula is C16H13NO2S. The molecule has 0 aliphatic carbocycles. The average Bonchev–Trinajstić information content (AvgIpc) is 2.45. The second-order valence-corrected chi connectivity index (χ2v) is 6.36. The summed E-state index contributed by atoms with van der Waals surface area (Å²) in [5.41, 5.74) is 2.82. The van der Waals surface area contributed by atoms with Gasteiger partial charge in [-0.25, -0.2) is 8.42 Å². The molecule has 0 amide bonds. The van der Waals surface area contributed by atoms with E-state index >= 15 is 0 Å². The number of nitrogens with zero attached hydrogens (tertiary/aromatic N) is 1. The predicted octanol–water partition coefficient (Wildman–Crippen LogP) is 3.26. The molecule has 0 unspecified atom stereocenters. The van der Waals surface area contributed by atoms with Gasteiger partial charge in [-0.15, -0.1) is 0 Å². The number of rotatable bonds is 3. The molecule has 0 saturated carbocycles. The third kappa shape index (κ3) is 3.34. The maximum absolute atomic E-state index is 11.4. The van der Waals surface area contributed by atoms with Crippen molar-refractivity contribution in [3.63, 3.8) is 0 Å². The summed E-state index contributed by atoms with van der Waals surface area (Å²) in [7, 11) is -3.48. The Labute approximate surface area is 118 Å². The fraction of sp³-hybridized carbons (Fsp3) is 0.0625. The lowest BCUT2D eigenvalue weighted by Crippen LogP contribution is -1.98. The van der Waals surface area contributed by atoms with E-state index in [0.29, 0.717) is 5.56 Å². The van der Waals surface area contributed by atoms with Crippen molar-refractivity contribution in [2.75, 3.05) is 6.26 Å². The molecule has 2 aromatic carbocycles. The first-order valence-electron chi connectivity index (χ1n) is 5.98. The van der Waals surface area contributed by atoms with Crippen LogP contribution in [-0.4, -0.2) is 14.7 Å². The predicted molar refractivity (Wildman–Crippen MR) is 80.3 cm³/mol. The number of hydrogen-bond donors (Lipinski definition) is 0. The lowest BCUT2D eigenvalue weighted by Gasteiger charge is -2.02. The standard InChI is InChI=1S/C16H13NO2S/c1-20(18,19)16(12-17)11-13-7-9-15(10-8-13)14-5-3-2-4-6-14/h2-11H,1H3/b16-11-. The summed E-state index contributed by atoms with van der Waals surface area (Å²) < 4.78 is 22.7. The average molecular weight is 283 g/mol. The molecule has 2 aromatic rings. The molecule has 0 bridgehead atoms. The van der Waals surface area contributed by atoms with E-state index in [9.17, 15) is 8.42 Å². The molecule has 0 spiro atoms. The number of hydrogen-bond acceptors (Lipinski definition) is 3. The summed E-state index contributed by atoms with van der Waals surface area (Å²) in [5.74, 6) is 0. The van der Waals surface area contributed by atoms with E-state index in [1.54, 1.807) is 18.2 Å². The minimum Gasteiger partial charge on any atom is -0.223 e. The first-order chi connectivity index (χ1) is 9.50. The normalized spacial score (nSPS) is 11.9. The van der Waals surface area contributed by atoms with Crippen molar-refractivity contribution >= 4 is 15.9 Å². The fourth-order valence-corrected chi connectivity index (χ4v) is 2.29. The summed E-state index contributed by atoms with van der Waals surface area (Å²) in [5, 5.41) is 8.86. The van der Waals surface area contributed by atoms with E-state index in [2.05, 4.69) is 0 Å². The molecule has 3 nitrogen and oxygen atoms in total. The summed E-state index contributed by atoms with van der Waals surface area (Å²) in [6.07, 6.45) is 2.41. The van der Waals surface area contributed by atoms with Gasteiger partial charge < -0.3 is 0 Å².